The molecule has 0 saturated carbocycles. The van der Waals surface area contributed by atoms with Gasteiger partial charge in [-0.15, -0.1) is 0 Å². The summed E-state index contributed by atoms with van der Waals surface area (Å²) in [5.74, 6) is 0.255. The molecule has 1 saturated heterocycles. The molecular weight excluding hydrogens is 198 g/mol. The highest BCUT2D eigenvalue weighted by Crippen LogP contribution is 2.16. The number of benzene rings is 1. The van der Waals surface area contributed by atoms with Gasteiger partial charge in [-0.05, 0) is 45.8 Å². The van der Waals surface area contributed by atoms with Crippen LogP contribution < -0.4 is 0 Å². The van der Waals surface area contributed by atoms with Crippen LogP contribution in [0.4, 0.5) is 0 Å². The Morgan fingerprint density at radius 2 is 2.00 bits per heavy atom. The van der Waals surface area contributed by atoms with Gasteiger partial charge in [0.05, 0.1) is 6.04 Å². The molecule has 0 aliphatic carbocycles. The average Bonchev–Trinajstić information content (AvgIpc) is 2.80. The monoisotopic (exact) mass is 217 g/mol. The Labute approximate surface area is 97.3 Å². The lowest BCUT2D eigenvalue weighted by molar-refractivity contribution is 0.0867. The van der Waals surface area contributed by atoms with Crippen LogP contribution in [-0.4, -0.2) is 29.8 Å². The minimum Gasteiger partial charge on any atom is -0.294 e. The zero-order chi connectivity index (χ0) is 11.5. The number of ketones is 1. The first-order valence-electron chi connectivity index (χ1n) is 6.03. The average molecular weight is 217 g/mol. The minimum atomic E-state index is 0.0318. The molecule has 0 N–H and O–H groups in total. The van der Waals surface area contributed by atoms with Crippen molar-refractivity contribution < 1.29 is 4.79 Å². The Bertz CT molecular complexity index is 380. The van der Waals surface area contributed by atoms with E-state index in [1.807, 2.05) is 38.1 Å². The van der Waals surface area contributed by atoms with Gasteiger partial charge in [-0.2, -0.15) is 0 Å². The van der Waals surface area contributed by atoms with Gasteiger partial charge < -0.3 is 0 Å². The lowest BCUT2D eigenvalue weighted by Crippen LogP contribution is -2.36. The molecule has 1 aromatic rings. The second-order valence-corrected chi connectivity index (χ2v) is 4.65. The summed E-state index contributed by atoms with van der Waals surface area (Å²) in [7, 11) is 0. The molecule has 1 heterocycles. The highest BCUT2D eigenvalue weighted by atomic mass is 16.1. The Morgan fingerprint density at radius 3 is 2.62 bits per heavy atom. The van der Waals surface area contributed by atoms with E-state index in [-0.39, 0.29) is 11.8 Å². The van der Waals surface area contributed by atoms with E-state index in [0.717, 1.165) is 24.2 Å². The third kappa shape index (κ3) is 2.33. The molecule has 0 aromatic heterocycles. The Kier molecular flexibility index (Phi) is 3.39. The molecule has 0 bridgehead atoms. The third-order valence-electron chi connectivity index (χ3n) is 3.37. The highest BCUT2D eigenvalue weighted by molar-refractivity contribution is 6.00. The topological polar surface area (TPSA) is 20.3 Å². The van der Waals surface area contributed by atoms with Gasteiger partial charge in [0.25, 0.3) is 0 Å². The zero-order valence-corrected chi connectivity index (χ0v) is 10.1. The molecule has 2 heteroatoms. The van der Waals surface area contributed by atoms with E-state index in [1.54, 1.807) is 0 Å². The number of nitrogens with zero attached hydrogens (tertiary/aromatic N) is 1. The summed E-state index contributed by atoms with van der Waals surface area (Å²) in [4.78, 5) is 14.5. The van der Waals surface area contributed by atoms with Gasteiger partial charge in [-0.3, -0.25) is 9.69 Å². The maximum absolute atomic E-state index is 12.2. The first-order valence-corrected chi connectivity index (χ1v) is 6.03. The molecule has 0 amide bonds. The molecule has 1 aromatic carbocycles. The Hall–Kier alpha value is -1.15. The fourth-order valence-electron chi connectivity index (χ4n) is 2.33. The molecule has 1 atom stereocenters. The number of hydrogen-bond acceptors (Lipinski definition) is 2. The van der Waals surface area contributed by atoms with E-state index in [0.29, 0.717) is 0 Å². The van der Waals surface area contributed by atoms with Crippen LogP contribution in [0.1, 0.15) is 35.7 Å². The summed E-state index contributed by atoms with van der Waals surface area (Å²) in [6.07, 6.45) is 2.46. The molecule has 0 radical (unpaired) electrons. The van der Waals surface area contributed by atoms with Gasteiger partial charge in [0, 0.05) is 5.56 Å². The fraction of sp³-hybridized carbons (Fsp3) is 0.500. The van der Waals surface area contributed by atoms with Crippen molar-refractivity contribution in [2.24, 2.45) is 0 Å². The SMILES string of the molecule is Cc1cccc(C(=O)[C@H](C)N2CCCC2)c1. The fourth-order valence-corrected chi connectivity index (χ4v) is 2.33. The zero-order valence-electron chi connectivity index (χ0n) is 10.1. The van der Waals surface area contributed by atoms with E-state index in [2.05, 4.69) is 4.90 Å². The number of Topliss-reactive ketones (excluding diaryl/α,β-unsaturated/α-hetero) is 1. The van der Waals surface area contributed by atoms with E-state index >= 15 is 0 Å². The van der Waals surface area contributed by atoms with Crippen LogP contribution in [0.3, 0.4) is 0 Å². The molecule has 2 rings (SSSR count). The number of carbonyl (C=O) groups is 1. The highest BCUT2D eigenvalue weighted by Gasteiger charge is 2.24. The smallest absolute Gasteiger partial charge is 0.179 e. The largest absolute Gasteiger partial charge is 0.294 e. The van der Waals surface area contributed by atoms with Gasteiger partial charge >= 0.3 is 0 Å². The van der Waals surface area contributed by atoms with Gasteiger partial charge in [0.15, 0.2) is 5.78 Å². The van der Waals surface area contributed by atoms with Crippen LogP contribution in [0, 0.1) is 6.92 Å². The predicted molar refractivity (Wildman–Crippen MR) is 65.8 cm³/mol. The van der Waals surface area contributed by atoms with Crippen molar-refractivity contribution in [3.05, 3.63) is 35.4 Å². The summed E-state index contributed by atoms with van der Waals surface area (Å²) in [6, 6.07) is 7.91. The summed E-state index contributed by atoms with van der Waals surface area (Å²) >= 11 is 0. The molecule has 1 fully saturated rings. The van der Waals surface area contributed by atoms with Crippen molar-refractivity contribution in [2.75, 3.05) is 13.1 Å². The van der Waals surface area contributed by atoms with Crippen LogP contribution >= 0.6 is 0 Å². The van der Waals surface area contributed by atoms with Crippen molar-refractivity contribution in [1.29, 1.82) is 0 Å². The molecule has 86 valence electrons. The van der Waals surface area contributed by atoms with Crippen molar-refractivity contribution in [2.45, 2.75) is 32.7 Å². The van der Waals surface area contributed by atoms with Crippen LogP contribution in [0.5, 0.6) is 0 Å². The summed E-state index contributed by atoms with van der Waals surface area (Å²) in [5, 5.41) is 0. The van der Waals surface area contributed by atoms with Gasteiger partial charge in [-0.1, -0.05) is 23.8 Å². The van der Waals surface area contributed by atoms with E-state index in [4.69, 9.17) is 0 Å². The van der Waals surface area contributed by atoms with Crippen molar-refractivity contribution in [1.82, 2.24) is 4.90 Å². The van der Waals surface area contributed by atoms with Gasteiger partial charge in [-0.25, -0.2) is 0 Å². The second-order valence-electron chi connectivity index (χ2n) is 4.65. The minimum absolute atomic E-state index is 0.0318. The number of carbonyl (C=O) groups excluding carboxylic acids is 1. The lowest BCUT2D eigenvalue weighted by atomic mass is 10.0. The molecule has 16 heavy (non-hydrogen) atoms. The van der Waals surface area contributed by atoms with Crippen molar-refractivity contribution >= 4 is 5.78 Å². The maximum Gasteiger partial charge on any atom is 0.179 e. The predicted octanol–water partition coefficient (Wildman–Crippen LogP) is 2.66. The van der Waals surface area contributed by atoms with Crippen LogP contribution in [0.15, 0.2) is 24.3 Å². The third-order valence-corrected chi connectivity index (χ3v) is 3.37. The van der Waals surface area contributed by atoms with Crippen molar-refractivity contribution in [3.63, 3.8) is 0 Å². The Balaban J connectivity index is 2.12. The molecular formula is C14H19NO. The molecule has 1 aliphatic heterocycles. The van der Waals surface area contributed by atoms with E-state index in [1.165, 1.54) is 12.8 Å². The first-order chi connectivity index (χ1) is 7.68. The number of likely N-dealkylation sites (tertiary alicyclic amines) is 1. The summed E-state index contributed by atoms with van der Waals surface area (Å²) in [6.45, 7) is 6.19. The van der Waals surface area contributed by atoms with Crippen LogP contribution in [0.25, 0.3) is 0 Å². The number of hydrogen-bond donors (Lipinski definition) is 0. The standard InChI is InChI=1S/C14H19NO/c1-11-6-5-7-13(10-11)14(16)12(2)15-8-3-4-9-15/h5-7,10,12H,3-4,8-9H2,1-2H3/t12-/m0/s1. The summed E-state index contributed by atoms with van der Waals surface area (Å²) < 4.78 is 0. The molecule has 1 aliphatic rings. The lowest BCUT2D eigenvalue weighted by Gasteiger charge is -2.22. The van der Waals surface area contributed by atoms with Crippen molar-refractivity contribution in [3.8, 4) is 0 Å². The summed E-state index contributed by atoms with van der Waals surface area (Å²) in [5.41, 5.74) is 2.00. The normalized spacial score (nSPS) is 18.6. The Morgan fingerprint density at radius 1 is 1.31 bits per heavy atom. The van der Waals surface area contributed by atoms with E-state index in [9.17, 15) is 4.79 Å². The number of aryl methyl sites for hydroxylation is 1. The second kappa shape index (κ2) is 4.79. The van der Waals surface area contributed by atoms with E-state index < -0.39 is 0 Å². The number of rotatable bonds is 3. The van der Waals surface area contributed by atoms with Gasteiger partial charge in [0.2, 0.25) is 0 Å². The quantitative estimate of drug-likeness (QED) is 0.725. The van der Waals surface area contributed by atoms with Crippen LogP contribution in [0.2, 0.25) is 0 Å². The molecule has 2 nitrogen and oxygen atoms in total. The molecule has 0 spiro atoms. The maximum atomic E-state index is 12.2. The van der Waals surface area contributed by atoms with Gasteiger partial charge in [0.1, 0.15) is 0 Å². The first kappa shape index (κ1) is 11.3. The molecule has 0 unspecified atom stereocenters. The van der Waals surface area contributed by atoms with Crippen LogP contribution in [-0.2, 0) is 0 Å².